The van der Waals surface area contributed by atoms with Crippen molar-refractivity contribution in [1.29, 1.82) is 0 Å². The Labute approximate surface area is 196 Å². The average Bonchev–Trinajstić information content (AvgIpc) is 3.29. The Kier molecular flexibility index (Phi) is 7.53. The van der Waals surface area contributed by atoms with E-state index in [2.05, 4.69) is 15.6 Å². The number of hydrogen-bond acceptors (Lipinski definition) is 6. The van der Waals surface area contributed by atoms with Gasteiger partial charge in [-0.3, -0.25) is 0 Å². The molecule has 0 saturated carbocycles. The van der Waals surface area contributed by atoms with Gasteiger partial charge in [0, 0.05) is 10.8 Å². The highest BCUT2D eigenvalue weighted by Gasteiger charge is 2.09. The maximum Gasteiger partial charge on any atom is 0.210 e. The zero-order valence-electron chi connectivity index (χ0n) is 17.6. The van der Waals surface area contributed by atoms with E-state index in [1.807, 2.05) is 77.5 Å². The predicted octanol–water partition coefficient (Wildman–Crippen LogP) is 5.56. The van der Waals surface area contributed by atoms with Crippen LogP contribution in [0.1, 0.15) is 16.7 Å². The molecular weight excluding hydrogens is 444 g/mol. The molecule has 0 spiro atoms. The van der Waals surface area contributed by atoms with E-state index >= 15 is 0 Å². The number of benzene rings is 3. The second-order valence-corrected chi connectivity index (χ2v) is 8.31. The van der Waals surface area contributed by atoms with E-state index in [9.17, 15) is 0 Å². The Balaban J connectivity index is 1.36. The Morgan fingerprint density at radius 3 is 2.59 bits per heavy atom. The molecule has 0 unspecified atom stereocenters. The number of rotatable bonds is 10. The molecule has 0 aliphatic rings. The first-order valence-electron chi connectivity index (χ1n) is 10.1. The number of ether oxygens (including phenoxy) is 2. The van der Waals surface area contributed by atoms with Crippen LogP contribution in [0.5, 0.6) is 11.5 Å². The van der Waals surface area contributed by atoms with Crippen molar-refractivity contribution in [2.45, 2.75) is 24.1 Å². The van der Waals surface area contributed by atoms with Crippen LogP contribution in [0.4, 0.5) is 0 Å². The van der Waals surface area contributed by atoms with Crippen LogP contribution in [-0.4, -0.2) is 22.0 Å². The lowest BCUT2D eigenvalue weighted by molar-refractivity contribution is 0.284. The molecule has 1 aromatic heterocycles. The highest BCUT2D eigenvalue weighted by molar-refractivity contribution is 7.98. The quantitative estimate of drug-likeness (QED) is 0.309. The van der Waals surface area contributed by atoms with E-state index in [0.29, 0.717) is 30.4 Å². The lowest BCUT2D eigenvalue weighted by atomic mass is 10.2. The van der Waals surface area contributed by atoms with Gasteiger partial charge in [0.25, 0.3) is 0 Å². The van der Waals surface area contributed by atoms with Crippen molar-refractivity contribution in [1.82, 2.24) is 14.9 Å². The third-order valence-corrected chi connectivity index (χ3v) is 6.11. The van der Waals surface area contributed by atoms with E-state index in [-0.39, 0.29) is 0 Å². The summed E-state index contributed by atoms with van der Waals surface area (Å²) in [6.07, 6.45) is 1.66. The molecule has 8 heteroatoms. The van der Waals surface area contributed by atoms with E-state index in [1.165, 1.54) is 0 Å². The van der Waals surface area contributed by atoms with Crippen LogP contribution in [0.25, 0.3) is 0 Å². The fourth-order valence-electron chi connectivity index (χ4n) is 3.04. The summed E-state index contributed by atoms with van der Waals surface area (Å²) in [5.41, 5.74) is 6.54. The molecule has 0 atom stereocenters. The minimum atomic E-state index is 0.488. The number of methoxy groups -OCH3 is 1. The van der Waals surface area contributed by atoms with Crippen LogP contribution in [0, 0.1) is 0 Å². The Hall–Kier alpha value is -3.16. The fourth-order valence-corrected chi connectivity index (χ4v) is 4.22. The third kappa shape index (κ3) is 5.75. The van der Waals surface area contributed by atoms with Crippen molar-refractivity contribution in [3.8, 4) is 11.5 Å². The largest absolute Gasteiger partial charge is 0.493 e. The fraction of sp³-hybridized carbons (Fsp3) is 0.167. The van der Waals surface area contributed by atoms with Crippen molar-refractivity contribution in [2.24, 2.45) is 0 Å². The normalized spacial score (nSPS) is 10.7. The van der Waals surface area contributed by atoms with Crippen molar-refractivity contribution < 1.29 is 9.47 Å². The van der Waals surface area contributed by atoms with E-state index in [0.717, 1.165) is 26.9 Å². The Bertz CT molecular complexity index is 1150. The molecule has 0 bridgehead atoms. The van der Waals surface area contributed by atoms with Gasteiger partial charge in [-0.2, -0.15) is 0 Å². The highest BCUT2D eigenvalue weighted by atomic mass is 35.5. The second-order valence-electron chi connectivity index (χ2n) is 6.96. The van der Waals surface area contributed by atoms with E-state index in [4.69, 9.17) is 21.1 Å². The average molecular weight is 467 g/mol. The first-order valence-corrected chi connectivity index (χ1v) is 11.4. The van der Waals surface area contributed by atoms with Crippen molar-refractivity contribution >= 4 is 23.4 Å². The molecule has 0 radical (unpaired) electrons. The van der Waals surface area contributed by atoms with Crippen LogP contribution < -0.4 is 14.9 Å². The molecule has 0 aliphatic carbocycles. The van der Waals surface area contributed by atoms with E-state index in [1.54, 1.807) is 25.2 Å². The van der Waals surface area contributed by atoms with Crippen LogP contribution >= 0.6 is 23.4 Å². The molecule has 0 amide bonds. The molecule has 32 heavy (non-hydrogen) atoms. The van der Waals surface area contributed by atoms with Crippen LogP contribution in [0.2, 0.25) is 5.02 Å². The zero-order chi connectivity index (χ0) is 22.2. The minimum Gasteiger partial charge on any atom is -0.493 e. The summed E-state index contributed by atoms with van der Waals surface area (Å²) < 4.78 is 13.3. The summed E-state index contributed by atoms with van der Waals surface area (Å²) in [6, 6.07) is 23.8. The summed E-state index contributed by atoms with van der Waals surface area (Å²) in [7, 11) is 1.64. The molecule has 3 aromatic carbocycles. The molecule has 0 fully saturated rings. The standard InChI is InChI=1S/C24H23ClN4O2S/c1-30-23-13-19(11-12-22(23)31-15-18-7-3-2-4-8-18)14-27-29-17-26-28-24(29)32-16-20-9-5-6-10-21(20)25/h2-13,17,27H,14-16H2,1H3. The molecule has 4 rings (SSSR count). The minimum absolute atomic E-state index is 0.488. The lowest BCUT2D eigenvalue weighted by Crippen LogP contribution is -2.14. The smallest absolute Gasteiger partial charge is 0.210 e. The summed E-state index contributed by atoms with van der Waals surface area (Å²) in [5.74, 6) is 2.11. The van der Waals surface area contributed by atoms with Gasteiger partial charge in [0.2, 0.25) is 5.16 Å². The maximum atomic E-state index is 6.25. The van der Waals surface area contributed by atoms with Gasteiger partial charge in [-0.15, -0.1) is 10.2 Å². The third-order valence-electron chi connectivity index (χ3n) is 4.75. The van der Waals surface area contributed by atoms with Gasteiger partial charge in [-0.1, -0.05) is 78.0 Å². The van der Waals surface area contributed by atoms with Crippen molar-refractivity contribution in [3.63, 3.8) is 0 Å². The lowest BCUT2D eigenvalue weighted by Gasteiger charge is -2.14. The number of aromatic nitrogens is 3. The molecule has 6 nitrogen and oxygen atoms in total. The van der Waals surface area contributed by atoms with E-state index < -0.39 is 0 Å². The van der Waals surface area contributed by atoms with Crippen LogP contribution in [0.15, 0.2) is 84.3 Å². The zero-order valence-corrected chi connectivity index (χ0v) is 19.1. The molecule has 0 saturated heterocycles. The van der Waals surface area contributed by atoms with Gasteiger partial charge in [0.15, 0.2) is 11.5 Å². The topological polar surface area (TPSA) is 61.2 Å². The number of thioether (sulfide) groups is 1. The van der Waals surface area contributed by atoms with Gasteiger partial charge in [-0.25, -0.2) is 4.68 Å². The molecular formula is C24H23ClN4O2S. The molecule has 1 N–H and O–H groups in total. The summed E-state index contributed by atoms with van der Waals surface area (Å²) in [5, 5.41) is 9.74. The van der Waals surface area contributed by atoms with Crippen molar-refractivity contribution in [3.05, 3.63) is 101 Å². The first-order chi connectivity index (χ1) is 15.7. The SMILES string of the molecule is COc1cc(CNn2cnnc2SCc2ccccc2Cl)ccc1OCc1ccccc1. The first kappa shape index (κ1) is 22.0. The highest BCUT2D eigenvalue weighted by Crippen LogP contribution is 2.29. The van der Waals surface area contributed by atoms with Gasteiger partial charge in [-0.05, 0) is 34.9 Å². The van der Waals surface area contributed by atoms with Gasteiger partial charge in [0.1, 0.15) is 12.9 Å². The Morgan fingerprint density at radius 2 is 1.78 bits per heavy atom. The van der Waals surface area contributed by atoms with Gasteiger partial charge in [0.05, 0.1) is 13.7 Å². The second kappa shape index (κ2) is 10.9. The number of nitrogens with zero attached hydrogens (tertiary/aromatic N) is 3. The predicted molar refractivity (Wildman–Crippen MR) is 128 cm³/mol. The maximum absolute atomic E-state index is 6.25. The molecule has 0 aliphatic heterocycles. The summed E-state index contributed by atoms with van der Waals surface area (Å²) >= 11 is 7.82. The summed E-state index contributed by atoms with van der Waals surface area (Å²) in [4.78, 5) is 0. The van der Waals surface area contributed by atoms with Gasteiger partial charge < -0.3 is 14.9 Å². The number of hydrogen-bond donors (Lipinski definition) is 1. The molecule has 164 valence electrons. The molecule has 1 heterocycles. The van der Waals surface area contributed by atoms with Crippen molar-refractivity contribution in [2.75, 3.05) is 12.5 Å². The monoisotopic (exact) mass is 466 g/mol. The van der Waals surface area contributed by atoms with Gasteiger partial charge >= 0.3 is 0 Å². The Morgan fingerprint density at radius 1 is 0.969 bits per heavy atom. The number of nitrogens with one attached hydrogen (secondary N) is 1. The summed E-state index contributed by atoms with van der Waals surface area (Å²) in [6.45, 7) is 1.06. The molecule has 4 aromatic rings. The van der Waals surface area contributed by atoms with Crippen LogP contribution in [0.3, 0.4) is 0 Å². The number of halogens is 1. The van der Waals surface area contributed by atoms with Crippen LogP contribution in [-0.2, 0) is 18.9 Å².